The zero-order valence-corrected chi connectivity index (χ0v) is 50.0. The second kappa shape index (κ2) is 28.3. The van der Waals surface area contributed by atoms with Gasteiger partial charge >= 0.3 is 17.3 Å². The third-order valence-electron chi connectivity index (χ3n) is 13.1. The number of ketones is 1. The standard InChI is InChI=1S/C28H35FN6O5S.C24H27FN6O6S.C3H9N.CH4/c1-16(2)13-22(36)28(4,5)34-24(37)23-17(3)25(35-31-10-11-32-35)41-26(23)33(27(34)38)15-21(40-12-9-30)19-14-18(29)7-8-20(19)39-6;1-13-18-19(32)30(24(2,3)22(33)34)23(35)29(21(18)38-20(13)31-27-8-9-28-31)12-17(37-10-7-26)15-11-14(25)5-6-16(15)36-4;1-3(2)4;/h7-8,10-11,14,16,21H,9,12-13,15,30H2,1-6H3;5-6,8-9,11,17H,7,10,12,26H2,1-4H3,(H,33,34);3H,4H2,1-2H3;1H4/t21-;17-;;/m00../s1. The fraction of sp³-hybridized carbons (Fsp3) is 0.464. The molecule has 0 spiro atoms. The molecule has 6 aromatic heterocycles. The van der Waals surface area contributed by atoms with Crippen molar-refractivity contribution in [3.8, 4) is 21.5 Å². The third kappa shape index (κ3) is 14.1. The molecule has 456 valence electrons. The SMILES string of the molecule is C.CC(C)N.COc1ccc(F)cc1[C@H](Cn1c(=O)n(C(C)(C)C(=O)CC(C)C)c(=O)c2c(C)c(-n3nccn3)sc21)OCCN.COc1ccc(F)cc1[C@H](Cn1c(=O)n(C(C)(C)C(=O)O)c(=O)c2c(C)c(-n3nccn3)sc21)OCCN. The van der Waals surface area contributed by atoms with Gasteiger partial charge in [-0.15, -0.1) is 9.59 Å². The lowest BCUT2D eigenvalue weighted by molar-refractivity contribution is -0.146. The van der Waals surface area contributed by atoms with Crippen LogP contribution in [0.3, 0.4) is 0 Å². The molecule has 8 rings (SSSR count). The number of hydrogen-bond acceptors (Lipinski definition) is 19. The number of nitrogens with zero attached hydrogens (tertiary/aromatic N) is 10. The zero-order chi connectivity index (χ0) is 61.4. The molecule has 0 bridgehead atoms. The number of benzene rings is 2. The minimum Gasteiger partial charge on any atom is -0.496 e. The van der Waals surface area contributed by atoms with Crippen LogP contribution in [0.15, 0.2) is 80.4 Å². The first-order valence-electron chi connectivity index (χ1n) is 26.3. The van der Waals surface area contributed by atoms with Gasteiger partial charge < -0.3 is 41.3 Å². The van der Waals surface area contributed by atoms with Gasteiger partial charge in [0.1, 0.15) is 66.1 Å². The molecule has 0 unspecified atom stereocenters. The summed E-state index contributed by atoms with van der Waals surface area (Å²) in [4.78, 5) is 84.7. The van der Waals surface area contributed by atoms with Crippen LogP contribution in [0.1, 0.15) is 104 Å². The Labute approximate surface area is 490 Å². The number of Topliss-reactive ketones (excluding diaryl/α,β-unsaturated/α-hetero) is 1. The first kappa shape index (κ1) is 67.2. The quantitative estimate of drug-likeness (QED) is 0.0594. The molecule has 0 amide bonds. The van der Waals surface area contributed by atoms with Crippen molar-refractivity contribution in [2.45, 2.75) is 126 Å². The number of hydrogen-bond donors (Lipinski definition) is 4. The van der Waals surface area contributed by atoms with Crippen molar-refractivity contribution in [1.29, 1.82) is 0 Å². The van der Waals surface area contributed by atoms with Crippen molar-refractivity contribution in [3.63, 3.8) is 0 Å². The van der Waals surface area contributed by atoms with Crippen LogP contribution in [-0.2, 0) is 43.2 Å². The molecule has 2 atom stereocenters. The number of halogens is 2. The minimum absolute atomic E-state index is 0. The lowest BCUT2D eigenvalue weighted by atomic mass is 9.91. The summed E-state index contributed by atoms with van der Waals surface area (Å²) in [6.45, 7) is 17.0. The van der Waals surface area contributed by atoms with Crippen molar-refractivity contribution in [3.05, 3.63) is 137 Å². The van der Waals surface area contributed by atoms with E-state index in [9.17, 15) is 42.7 Å². The van der Waals surface area contributed by atoms with E-state index in [1.54, 1.807) is 27.7 Å². The number of methoxy groups -OCH3 is 2. The van der Waals surface area contributed by atoms with Crippen molar-refractivity contribution >= 4 is 54.9 Å². The minimum atomic E-state index is -1.88. The third-order valence-corrected chi connectivity index (χ3v) is 15.7. The first-order valence-corrected chi connectivity index (χ1v) is 28.0. The molecule has 84 heavy (non-hydrogen) atoms. The molecule has 0 aliphatic heterocycles. The molecule has 0 saturated heterocycles. The molecule has 8 aromatic rings. The Morgan fingerprint density at radius 2 is 1.01 bits per heavy atom. The van der Waals surface area contributed by atoms with E-state index in [0.717, 1.165) is 15.9 Å². The highest BCUT2D eigenvalue weighted by atomic mass is 32.1. The van der Waals surface area contributed by atoms with Crippen LogP contribution in [0, 0.1) is 31.4 Å². The van der Waals surface area contributed by atoms with Crippen LogP contribution in [-0.4, -0.2) is 112 Å². The van der Waals surface area contributed by atoms with Crippen molar-refractivity contribution in [2.75, 3.05) is 40.5 Å². The van der Waals surface area contributed by atoms with Gasteiger partial charge in [-0.2, -0.15) is 20.4 Å². The molecule has 0 radical (unpaired) electrons. The van der Waals surface area contributed by atoms with E-state index in [0.29, 0.717) is 59.2 Å². The molecule has 0 aliphatic carbocycles. The number of carboxylic acid groups (broad SMARTS) is 1. The van der Waals surface area contributed by atoms with Crippen molar-refractivity contribution in [2.24, 2.45) is 23.1 Å². The summed E-state index contributed by atoms with van der Waals surface area (Å²) >= 11 is 2.26. The summed E-state index contributed by atoms with van der Waals surface area (Å²) in [6.07, 6.45) is 4.33. The van der Waals surface area contributed by atoms with Gasteiger partial charge in [-0.3, -0.25) is 23.5 Å². The van der Waals surface area contributed by atoms with Crippen LogP contribution in [0.4, 0.5) is 8.78 Å². The van der Waals surface area contributed by atoms with E-state index in [2.05, 4.69) is 20.4 Å². The highest BCUT2D eigenvalue weighted by Gasteiger charge is 2.38. The van der Waals surface area contributed by atoms with Gasteiger partial charge in [0.15, 0.2) is 5.78 Å². The fourth-order valence-electron chi connectivity index (χ4n) is 8.99. The Morgan fingerprint density at radius 3 is 1.33 bits per heavy atom. The Balaban J connectivity index is 0.000000286. The molecular weight excluding hydrogens is 1130 g/mol. The van der Waals surface area contributed by atoms with E-state index in [-0.39, 0.29) is 80.5 Å². The Bertz CT molecular complexity index is 3820. The van der Waals surface area contributed by atoms with Crippen LogP contribution in [0.5, 0.6) is 11.5 Å². The first-order chi connectivity index (χ1) is 39.2. The monoisotopic (exact) mass is 1210 g/mol. The Morgan fingerprint density at radius 1 is 0.655 bits per heavy atom. The molecule has 0 aliphatic rings. The normalized spacial score (nSPS) is 12.4. The Hall–Kier alpha value is -7.60. The largest absolute Gasteiger partial charge is 0.496 e. The maximum atomic E-state index is 14.4. The molecule has 2 aromatic carbocycles. The van der Waals surface area contributed by atoms with Gasteiger partial charge in [0.2, 0.25) is 0 Å². The molecular formula is C56H75F2N13O11S2. The number of carbonyl (C=O) groups excluding carboxylic acids is 1. The predicted molar refractivity (Wildman–Crippen MR) is 318 cm³/mol. The number of carboxylic acids is 1. The number of rotatable bonds is 22. The summed E-state index contributed by atoms with van der Waals surface area (Å²) in [5.74, 6) is -1.96. The van der Waals surface area contributed by atoms with Crippen molar-refractivity contribution in [1.82, 2.24) is 48.3 Å². The van der Waals surface area contributed by atoms with E-state index >= 15 is 0 Å². The van der Waals surface area contributed by atoms with E-state index in [1.807, 2.05) is 27.7 Å². The lowest BCUT2D eigenvalue weighted by Gasteiger charge is -2.28. The number of nitrogens with two attached hydrogens (primary N) is 3. The topological polar surface area (TPSA) is 319 Å². The van der Waals surface area contributed by atoms with E-state index in [1.165, 1.54) is 119 Å². The van der Waals surface area contributed by atoms with Crippen molar-refractivity contribution < 1.29 is 42.4 Å². The second-order valence-corrected chi connectivity index (χ2v) is 22.8. The van der Waals surface area contributed by atoms with Gasteiger partial charge in [-0.05, 0) is 89.9 Å². The smallest absolute Gasteiger partial charge is 0.333 e. The number of thiophene rings is 2. The maximum Gasteiger partial charge on any atom is 0.333 e. The van der Waals surface area contributed by atoms with Gasteiger partial charge in [0.05, 0.1) is 76.1 Å². The van der Waals surface area contributed by atoms with Crippen LogP contribution < -0.4 is 49.2 Å². The van der Waals surface area contributed by atoms with E-state index < -0.39 is 63.4 Å². The number of aromatic nitrogens is 10. The van der Waals surface area contributed by atoms with E-state index in [4.69, 9.17) is 36.1 Å². The van der Waals surface area contributed by atoms with Crippen LogP contribution in [0.2, 0.25) is 0 Å². The molecule has 28 heteroatoms. The summed E-state index contributed by atoms with van der Waals surface area (Å²) in [6, 6.07) is 8.27. The number of carbonyl (C=O) groups is 2. The zero-order valence-electron chi connectivity index (χ0n) is 48.3. The maximum absolute atomic E-state index is 14.4. The van der Waals surface area contributed by atoms with Gasteiger partial charge in [-0.25, -0.2) is 32.3 Å². The predicted octanol–water partition coefficient (Wildman–Crippen LogP) is 6.12. The summed E-state index contributed by atoms with van der Waals surface area (Å²) < 4.78 is 55.9. The number of ether oxygens (including phenoxy) is 4. The second-order valence-electron chi connectivity index (χ2n) is 20.9. The number of aliphatic carboxylic acids is 1. The van der Waals surface area contributed by atoms with Gasteiger partial charge in [0, 0.05) is 41.8 Å². The molecule has 6 heterocycles. The molecule has 0 fully saturated rings. The van der Waals surface area contributed by atoms with Crippen LogP contribution >= 0.6 is 22.7 Å². The highest BCUT2D eigenvalue weighted by Crippen LogP contribution is 2.37. The average molecular weight is 1210 g/mol. The Kier molecular flexibility index (Phi) is 22.7. The lowest BCUT2D eigenvalue weighted by Crippen LogP contribution is -2.53. The fourth-order valence-corrected chi connectivity index (χ4v) is 11.4. The van der Waals surface area contributed by atoms with Gasteiger partial charge in [-0.1, -0.05) is 57.8 Å². The molecule has 0 saturated carbocycles. The number of aryl methyl sites for hydroxylation is 2. The molecule has 24 nitrogen and oxygen atoms in total. The van der Waals surface area contributed by atoms with Crippen LogP contribution in [0.25, 0.3) is 30.4 Å². The number of fused-ring (bicyclic) bond motifs is 2. The summed E-state index contributed by atoms with van der Waals surface area (Å²) in [5, 5.41) is 28.0. The summed E-state index contributed by atoms with van der Waals surface area (Å²) in [7, 11) is 2.87. The average Bonchev–Trinajstić information content (AvgIpc) is 1.78. The van der Waals surface area contributed by atoms with Gasteiger partial charge in [0.25, 0.3) is 11.1 Å². The summed E-state index contributed by atoms with van der Waals surface area (Å²) in [5.41, 5.74) is 12.0. The highest BCUT2D eigenvalue weighted by molar-refractivity contribution is 7.21. The molecule has 7 N–H and O–H groups in total.